The molecule has 1 aliphatic heterocycles. The summed E-state index contributed by atoms with van der Waals surface area (Å²) in [4.78, 5) is 14.0. The van der Waals surface area contributed by atoms with Crippen LogP contribution in [0.25, 0.3) is 10.7 Å². The average Bonchev–Trinajstić information content (AvgIpc) is 3.02. The van der Waals surface area contributed by atoms with Crippen molar-refractivity contribution in [2.24, 2.45) is 0 Å². The Balaban J connectivity index is 1.78. The van der Waals surface area contributed by atoms with Crippen molar-refractivity contribution in [1.82, 2.24) is 20.2 Å². The maximum Gasteiger partial charge on any atom is 0.331 e. The Kier molecular flexibility index (Phi) is 3.04. The van der Waals surface area contributed by atoms with E-state index in [4.69, 9.17) is 0 Å². The zero-order valence-corrected chi connectivity index (χ0v) is 12.9. The number of aromatic nitrogens is 4. The van der Waals surface area contributed by atoms with Gasteiger partial charge in [-0.25, -0.2) is 9.48 Å². The molecule has 0 aromatic carbocycles. The lowest BCUT2D eigenvalue weighted by Gasteiger charge is -2.37. The Hall–Kier alpha value is -1.41. The van der Waals surface area contributed by atoms with E-state index in [1.807, 2.05) is 11.8 Å². The van der Waals surface area contributed by atoms with E-state index < -0.39 is 11.5 Å². The summed E-state index contributed by atoms with van der Waals surface area (Å²) >= 11 is 3.63. The van der Waals surface area contributed by atoms with Gasteiger partial charge in [-0.15, -0.1) is 16.4 Å². The van der Waals surface area contributed by atoms with Crippen LogP contribution in [0.5, 0.6) is 0 Å². The van der Waals surface area contributed by atoms with Crippen LogP contribution < -0.4 is 0 Å². The maximum absolute atomic E-state index is 11.7. The van der Waals surface area contributed by atoms with Crippen LogP contribution in [0.2, 0.25) is 0 Å². The highest BCUT2D eigenvalue weighted by molar-refractivity contribution is 7.98. The lowest BCUT2D eigenvalue weighted by atomic mass is 9.77. The number of thiophene rings is 1. The minimum absolute atomic E-state index is 0.599. The number of fused-ring (bicyclic) bond motifs is 1. The molecule has 4 rings (SSSR count). The fraction of sp³-hybridized carbons (Fsp3) is 0.538. The van der Waals surface area contributed by atoms with Gasteiger partial charge in [-0.3, -0.25) is 0 Å². The second kappa shape index (κ2) is 4.81. The number of rotatable bonds is 3. The van der Waals surface area contributed by atoms with Crippen LogP contribution in [-0.4, -0.2) is 37.0 Å². The molecule has 0 amide bonds. The Labute approximate surface area is 129 Å². The van der Waals surface area contributed by atoms with E-state index in [1.165, 1.54) is 15.1 Å². The molecule has 1 fully saturated rings. The predicted octanol–water partition coefficient (Wildman–Crippen LogP) is 2.15. The summed E-state index contributed by atoms with van der Waals surface area (Å²) < 4.78 is 1.53. The van der Waals surface area contributed by atoms with Crippen LogP contribution >= 0.6 is 23.1 Å². The second-order valence-electron chi connectivity index (χ2n) is 5.47. The number of thioether (sulfide) groups is 1. The molecule has 1 N–H and O–H groups in total. The number of carbonyl (C=O) groups is 1. The summed E-state index contributed by atoms with van der Waals surface area (Å²) in [6.07, 6.45) is 3.18. The molecular formula is C13H14N4O2S2. The van der Waals surface area contributed by atoms with Gasteiger partial charge in [0, 0.05) is 10.6 Å². The summed E-state index contributed by atoms with van der Waals surface area (Å²) in [5, 5.41) is 21.4. The van der Waals surface area contributed by atoms with Gasteiger partial charge < -0.3 is 5.11 Å². The number of nitrogens with zero attached hydrogens (tertiary/aromatic N) is 4. The third kappa shape index (κ3) is 1.92. The monoisotopic (exact) mass is 322 g/mol. The first-order valence-electron chi connectivity index (χ1n) is 6.93. The molecule has 3 heterocycles. The normalized spacial score (nSPS) is 19.8. The number of hydrogen-bond donors (Lipinski definition) is 1. The minimum atomic E-state index is -0.946. The van der Waals surface area contributed by atoms with Gasteiger partial charge in [0.05, 0.1) is 4.88 Å². The van der Waals surface area contributed by atoms with Crippen molar-refractivity contribution in [2.45, 2.75) is 37.0 Å². The molecule has 8 heteroatoms. The van der Waals surface area contributed by atoms with E-state index in [1.54, 1.807) is 11.3 Å². The summed E-state index contributed by atoms with van der Waals surface area (Å²) in [5.74, 6) is 1.94. The van der Waals surface area contributed by atoms with Crippen LogP contribution in [0, 0.1) is 0 Å². The summed E-state index contributed by atoms with van der Waals surface area (Å²) in [6, 6.07) is 2.13. The van der Waals surface area contributed by atoms with Crippen molar-refractivity contribution < 1.29 is 9.90 Å². The largest absolute Gasteiger partial charge is 0.479 e. The van der Waals surface area contributed by atoms with E-state index in [0.29, 0.717) is 18.7 Å². The van der Waals surface area contributed by atoms with Gasteiger partial charge in [0.1, 0.15) is 0 Å². The molecule has 6 nitrogen and oxygen atoms in total. The number of tetrazole rings is 1. The highest BCUT2D eigenvalue weighted by atomic mass is 32.2. The molecule has 0 unspecified atom stereocenters. The summed E-state index contributed by atoms with van der Waals surface area (Å²) in [5.41, 5.74) is 0.400. The highest BCUT2D eigenvalue weighted by Crippen LogP contribution is 2.43. The van der Waals surface area contributed by atoms with Gasteiger partial charge in [0.25, 0.3) is 0 Å². The SMILES string of the molecule is O=C(O)C1(n2nnnc2-c2cc3c(s2)CCSC3)CCC1. The van der Waals surface area contributed by atoms with Crippen LogP contribution in [0.1, 0.15) is 29.7 Å². The Morgan fingerprint density at radius 3 is 2.95 bits per heavy atom. The predicted molar refractivity (Wildman–Crippen MR) is 80.5 cm³/mol. The molecule has 0 atom stereocenters. The molecular weight excluding hydrogens is 308 g/mol. The molecule has 0 saturated heterocycles. The van der Waals surface area contributed by atoms with Crippen LogP contribution in [0.4, 0.5) is 0 Å². The van der Waals surface area contributed by atoms with E-state index in [9.17, 15) is 9.90 Å². The summed E-state index contributed by atoms with van der Waals surface area (Å²) in [7, 11) is 0. The molecule has 0 bridgehead atoms. The van der Waals surface area contributed by atoms with Crippen LogP contribution in [0.15, 0.2) is 6.07 Å². The van der Waals surface area contributed by atoms with Gasteiger partial charge in [-0.2, -0.15) is 11.8 Å². The van der Waals surface area contributed by atoms with E-state index in [2.05, 4.69) is 21.6 Å². The van der Waals surface area contributed by atoms with Crippen molar-refractivity contribution in [3.8, 4) is 10.7 Å². The third-order valence-corrected chi connectivity index (χ3v) is 6.54. The quantitative estimate of drug-likeness (QED) is 0.932. The molecule has 2 aromatic rings. The fourth-order valence-electron chi connectivity index (χ4n) is 2.91. The Bertz CT molecular complexity index is 681. The molecule has 21 heavy (non-hydrogen) atoms. The maximum atomic E-state index is 11.7. The molecule has 1 saturated carbocycles. The first-order valence-corrected chi connectivity index (χ1v) is 8.90. The van der Waals surface area contributed by atoms with Crippen molar-refractivity contribution in [3.63, 3.8) is 0 Å². The molecule has 0 spiro atoms. The first kappa shape index (κ1) is 13.3. The molecule has 1 aliphatic carbocycles. The van der Waals surface area contributed by atoms with Gasteiger partial charge in [-0.05, 0) is 53.5 Å². The van der Waals surface area contributed by atoms with Gasteiger partial charge >= 0.3 is 5.97 Å². The van der Waals surface area contributed by atoms with Crippen molar-refractivity contribution >= 4 is 29.1 Å². The topological polar surface area (TPSA) is 80.9 Å². The number of hydrogen-bond acceptors (Lipinski definition) is 6. The lowest BCUT2D eigenvalue weighted by Crippen LogP contribution is -2.48. The first-order chi connectivity index (χ1) is 10.2. The second-order valence-corrected chi connectivity index (χ2v) is 7.71. The fourth-order valence-corrected chi connectivity index (χ4v) is 5.26. The smallest absolute Gasteiger partial charge is 0.331 e. The molecule has 2 aliphatic rings. The van der Waals surface area contributed by atoms with Gasteiger partial charge in [0.15, 0.2) is 11.4 Å². The number of carboxylic acids is 1. The minimum Gasteiger partial charge on any atom is -0.479 e. The van der Waals surface area contributed by atoms with Crippen molar-refractivity contribution in [1.29, 1.82) is 0 Å². The molecule has 110 valence electrons. The highest BCUT2D eigenvalue weighted by Gasteiger charge is 2.49. The van der Waals surface area contributed by atoms with E-state index in [-0.39, 0.29) is 0 Å². The van der Waals surface area contributed by atoms with E-state index >= 15 is 0 Å². The van der Waals surface area contributed by atoms with Crippen molar-refractivity contribution in [2.75, 3.05) is 5.75 Å². The van der Waals surface area contributed by atoms with E-state index in [0.717, 1.165) is 29.2 Å². The van der Waals surface area contributed by atoms with Gasteiger partial charge in [-0.1, -0.05) is 0 Å². The van der Waals surface area contributed by atoms with Gasteiger partial charge in [0.2, 0.25) is 0 Å². The zero-order chi connectivity index (χ0) is 14.4. The lowest BCUT2D eigenvalue weighted by molar-refractivity contribution is -0.153. The Morgan fingerprint density at radius 2 is 2.29 bits per heavy atom. The number of carboxylic acid groups (broad SMARTS) is 1. The summed E-state index contributed by atoms with van der Waals surface area (Å²) in [6.45, 7) is 0. The Morgan fingerprint density at radius 1 is 1.43 bits per heavy atom. The van der Waals surface area contributed by atoms with Crippen molar-refractivity contribution in [3.05, 3.63) is 16.5 Å². The molecule has 0 radical (unpaired) electrons. The molecule has 2 aromatic heterocycles. The zero-order valence-electron chi connectivity index (χ0n) is 11.3. The standard InChI is InChI=1S/C13H14N4O2S2/c18-12(19)13(3-1-4-13)17-11(14-15-16-17)10-6-8-7-20-5-2-9(8)21-10/h6H,1-5,7H2,(H,18,19). The van der Waals surface area contributed by atoms with Crippen LogP contribution in [0.3, 0.4) is 0 Å². The van der Waals surface area contributed by atoms with Crippen LogP contribution in [-0.2, 0) is 22.5 Å². The number of aliphatic carboxylic acids is 1. The third-order valence-electron chi connectivity index (χ3n) is 4.30. The number of aryl methyl sites for hydroxylation is 1. The average molecular weight is 322 g/mol.